The number of halogens is 1. The van der Waals surface area contributed by atoms with Crippen LogP contribution in [0.1, 0.15) is 18.4 Å². The third-order valence-electron chi connectivity index (χ3n) is 3.01. The van der Waals surface area contributed by atoms with Gasteiger partial charge in [0.05, 0.1) is 5.60 Å². The van der Waals surface area contributed by atoms with Crippen LogP contribution in [0.25, 0.3) is 0 Å². The summed E-state index contributed by atoms with van der Waals surface area (Å²) >= 11 is 0. The van der Waals surface area contributed by atoms with Crippen LogP contribution in [-0.4, -0.2) is 23.2 Å². The van der Waals surface area contributed by atoms with Gasteiger partial charge in [0.1, 0.15) is 5.82 Å². The fraction of sp³-hybridized carbons (Fsp3) is 0.455. The summed E-state index contributed by atoms with van der Waals surface area (Å²) in [6.07, 6.45) is 1.18. The number of benzene rings is 1. The second-order valence-electron chi connectivity index (χ2n) is 4.07. The van der Waals surface area contributed by atoms with Crippen molar-refractivity contribution >= 4 is 0 Å². The summed E-state index contributed by atoms with van der Waals surface area (Å²) in [4.78, 5) is 0. The number of hydrogen-bond donors (Lipinski definition) is 2. The first-order valence-corrected chi connectivity index (χ1v) is 5.08. The van der Waals surface area contributed by atoms with Gasteiger partial charge in [0.15, 0.2) is 0 Å². The minimum atomic E-state index is -0.844. The highest BCUT2D eigenvalue weighted by molar-refractivity contribution is 5.23. The lowest BCUT2D eigenvalue weighted by Gasteiger charge is -2.36. The predicted molar refractivity (Wildman–Crippen MR) is 55.3 cm³/mol. The van der Waals surface area contributed by atoms with Crippen LogP contribution >= 0.6 is 0 Å². The average Bonchev–Trinajstić information content (AvgIpc) is 2.24. The number of hydrogen-bond acceptors (Lipinski definition) is 3. The molecule has 3 nitrogen and oxygen atoms in total. The van der Waals surface area contributed by atoms with Crippen molar-refractivity contribution in [3.05, 3.63) is 35.6 Å². The van der Waals surface area contributed by atoms with Gasteiger partial charge in [-0.2, -0.15) is 0 Å². The number of rotatable bonds is 1. The van der Waals surface area contributed by atoms with Crippen LogP contribution in [0.5, 0.6) is 0 Å². The van der Waals surface area contributed by atoms with E-state index < -0.39 is 5.60 Å². The van der Waals surface area contributed by atoms with Crippen LogP contribution in [0, 0.1) is 5.82 Å². The van der Waals surface area contributed by atoms with E-state index >= 15 is 0 Å². The maximum Gasteiger partial charge on any atom is 0.123 e. The maximum absolute atomic E-state index is 12.7. The van der Waals surface area contributed by atoms with Gasteiger partial charge >= 0.3 is 0 Å². The Morgan fingerprint density at radius 3 is 2.27 bits per heavy atom. The van der Waals surface area contributed by atoms with E-state index in [9.17, 15) is 9.50 Å². The van der Waals surface area contributed by atoms with Crippen molar-refractivity contribution in [3.8, 4) is 0 Å². The molecule has 0 saturated carbocycles. The van der Waals surface area contributed by atoms with E-state index in [-0.39, 0.29) is 5.82 Å². The molecule has 1 aromatic carbocycles. The molecule has 0 unspecified atom stereocenters. The Morgan fingerprint density at radius 1 is 1.20 bits per heavy atom. The smallest absolute Gasteiger partial charge is 0.123 e. The monoisotopic (exact) mass is 210 g/mol. The Bertz CT molecular complexity index is 331. The van der Waals surface area contributed by atoms with Crippen molar-refractivity contribution in [1.82, 2.24) is 5.01 Å². The first-order valence-electron chi connectivity index (χ1n) is 5.08. The highest BCUT2D eigenvalue weighted by Crippen LogP contribution is 2.31. The van der Waals surface area contributed by atoms with E-state index in [1.807, 2.05) is 0 Å². The van der Waals surface area contributed by atoms with Crippen molar-refractivity contribution in [2.24, 2.45) is 5.84 Å². The van der Waals surface area contributed by atoms with Crippen molar-refractivity contribution in [3.63, 3.8) is 0 Å². The van der Waals surface area contributed by atoms with Crippen LogP contribution < -0.4 is 5.84 Å². The molecule has 2 rings (SSSR count). The molecule has 15 heavy (non-hydrogen) atoms. The number of nitrogens with zero attached hydrogens (tertiary/aromatic N) is 1. The van der Waals surface area contributed by atoms with Gasteiger partial charge in [0, 0.05) is 13.1 Å². The number of hydrazine groups is 1. The van der Waals surface area contributed by atoms with E-state index in [0.29, 0.717) is 25.9 Å². The van der Waals surface area contributed by atoms with Crippen LogP contribution in [0.4, 0.5) is 4.39 Å². The molecular weight excluding hydrogens is 195 g/mol. The molecule has 1 saturated heterocycles. The molecule has 4 heteroatoms. The Hall–Kier alpha value is -0.970. The van der Waals surface area contributed by atoms with Crippen molar-refractivity contribution in [2.45, 2.75) is 18.4 Å². The molecule has 1 aromatic rings. The summed E-state index contributed by atoms with van der Waals surface area (Å²) in [7, 11) is 0. The Labute approximate surface area is 88.3 Å². The van der Waals surface area contributed by atoms with Gasteiger partial charge in [-0.3, -0.25) is 5.84 Å². The number of piperidine rings is 1. The standard InChI is InChI=1S/C11H15FN2O/c12-10-3-1-9(2-4-10)11(15)5-7-14(13)8-6-11/h1-4,15H,5-8,13H2. The largest absolute Gasteiger partial charge is 0.385 e. The summed E-state index contributed by atoms with van der Waals surface area (Å²) < 4.78 is 12.7. The second kappa shape index (κ2) is 3.89. The van der Waals surface area contributed by atoms with Gasteiger partial charge in [-0.15, -0.1) is 0 Å². The minimum absolute atomic E-state index is 0.279. The summed E-state index contributed by atoms with van der Waals surface area (Å²) in [5.41, 5.74) is -0.0687. The quantitative estimate of drug-likeness (QED) is 0.679. The summed E-state index contributed by atoms with van der Waals surface area (Å²) in [6, 6.07) is 6.03. The molecule has 0 spiro atoms. The van der Waals surface area contributed by atoms with Gasteiger partial charge in [-0.25, -0.2) is 9.40 Å². The highest BCUT2D eigenvalue weighted by Gasteiger charge is 2.32. The predicted octanol–water partition coefficient (Wildman–Crippen LogP) is 0.983. The molecule has 0 aromatic heterocycles. The van der Waals surface area contributed by atoms with Gasteiger partial charge in [-0.05, 0) is 30.5 Å². The molecule has 1 fully saturated rings. The van der Waals surface area contributed by atoms with Gasteiger partial charge < -0.3 is 5.11 Å². The minimum Gasteiger partial charge on any atom is -0.385 e. The lowest BCUT2D eigenvalue weighted by atomic mass is 9.85. The Kier molecular flexibility index (Phi) is 2.73. The van der Waals surface area contributed by atoms with E-state index in [2.05, 4.69) is 0 Å². The van der Waals surface area contributed by atoms with E-state index in [4.69, 9.17) is 5.84 Å². The van der Waals surface area contributed by atoms with E-state index in [0.717, 1.165) is 5.56 Å². The fourth-order valence-corrected chi connectivity index (χ4v) is 1.94. The molecule has 3 N–H and O–H groups in total. The van der Waals surface area contributed by atoms with Gasteiger partial charge in [0.2, 0.25) is 0 Å². The lowest BCUT2D eigenvalue weighted by molar-refractivity contribution is -0.0262. The topological polar surface area (TPSA) is 49.5 Å². The summed E-state index contributed by atoms with van der Waals surface area (Å²) in [5.74, 6) is 5.34. The van der Waals surface area contributed by atoms with Crippen molar-refractivity contribution in [1.29, 1.82) is 0 Å². The second-order valence-corrected chi connectivity index (χ2v) is 4.07. The summed E-state index contributed by atoms with van der Waals surface area (Å²) in [6.45, 7) is 1.32. The average molecular weight is 210 g/mol. The van der Waals surface area contributed by atoms with Crippen LogP contribution in [-0.2, 0) is 5.60 Å². The molecule has 0 atom stereocenters. The molecule has 0 bridgehead atoms. The molecule has 82 valence electrons. The first kappa shape index (κ1) is 10.5. The SMILES string of the molecule is NN1CCC(O)(c2ccc(F)cc2)CC1. The first-order chi connectivity index (χ1) is 7.10. The molecular formula is C11H15FN2O. The molecule has 0 amide bonds. The lowest BCUT2D eigenvalue weighted by Crippen LogP contribution is -2.45. The normalized spacial score (nSPS) is 21.5. The van der Waals surface area contributed by atoms with Crippen LogP contribution in [0.15, 0.2) is 24.3 Å². The fourth-order valence-electron chi connectivity index (χ4n) is 1.94. The highest BCUT2D eigenvalue weighted by atomic mass is 19.1. The molecule has 1 aliphatic heterocycles. The van der Waals surface area contributed by atoms with Gasteiger partial charge in [-0.1, -0.05) is 12.1 Å². The third-order valence-corrected chi connectivity index (χ3v) is 3.01. The zero-order valence-corrected chi connectivity index (χ0v) is 8.49. The van der Waals surface area contributed by atoms with Crippen LogP contribution in [0.3, 0.4) is 0 Å². The number of nitrogens with two attached hydrogens (primary N) is 1. The van der Waals surface area contributed by atoms with Crippen LogP contribution in [0.2, 0.25) is 0 Å². The molecule has 0 radical (unpaired) electrons. The number of aliphatic hydroxyl groups is 1. The molecule has 0 aliphatic carbocycles. The summed E-state index contributed by atoms with van der Waals surface area (Å²) in [5, 5.41) is 12.0. The zero-order chi connectivity index (χ0) is 10.9. The third kappa shape index (κ3) is 2.17. The van der Waals surface area contributed by atoms with Crippen molar-refractivity contribution < 1.29 is 9.50 Å². The zero-order valence-electron chi connectivity index (χ0n) is 8.49. The van der Waals surface area contributed by atoms with Crippen molar-refractivity contribution in [2.75, 3.05) is 13.1 Å². The Morgan fingerprint density at radius 2 is 1.73 bits per heavy atom. The molecule has 1 heterocycles. The molecule has 1 aliphatic rings. The Balaban J connectivity index is 2.18. The van der Waals surface area contributed by atoms with E-state index in [1.165, 1.54) is 12.1 Å². The van der Waals surface area contributed by atoms with E-state index in [1.54, 1.807) is 17.1 Å². The van der Waals surface area contributed by atoms with Gasteiger partial charge in [0.25, 0.3) is 0 Å². The maximum atomic E-state index is 12.7.